The third kappa shape index (κ3) is 5.66. The van der Waals surface area contributed by atoms with E-state index in [2.05, 4.69) is 31.5 Å². The monoisotopic (exact) mass is 417 g/mol. The number of nitrogens with zero attached hydrogens (tertiary/aromatic N) is 1. The molecule has 2 N–H and O–H groups in total. The summed E-state index contributed by atoms with van der Waals surface area (Å²) in [7, 11) is 0. The highest BCUT2D eigenvalue weighted by Gasteiger charge is 2.12. The van der Waals surface area contributed by atoms with Crippen LogP contribution < -0.4 is 10.6 Å². The fraction of sp³-hybridized carbons (Fsp3) is 0.350. The molecule has 2 amide bonds. The van der Waals surface area contributed by atoms with E-state index in [1.54, 1.807) is 6.07 Å². The fourth-order valence-electron chi connectivity index (χ4n) is 2.44. The zero-order chi connectivity index (χ0) is 19.1. The Hall–Kier alpha value is -2.21. The summed E-state index contributed by atoms with van der Waals surface area (Å²) in [6, 6.07) is 11.6. The Kier molecular flexibility index (Phi) is 7.33. The highest BCUT2D eigenvalue weighted by molar-refractivity contribution is 9.10. The van der Waals surface area contributed by atoms with Gasteiger partial charge in [-0.25, -0.2) is 0 Å². The number of amides is 2. The summed E-state index contributed by atoms with van der Waals surface area (Å²) in [6.45, 7) is 6.08. The highest BCUT2D eigenvalue weighted by Crippen LogP contribution is 2.22. The number of carbonyl (C=O) groups excluding carboxylic acids is 2. The van der Waals surface area contributed by atoms with Crippen molar-refractivity contribution in [3.63, 3.8) is 0 Å². The Labute approximate surface area is 162 Å². The van der Waals surface area contributed by atoms with E-state index in [1.807, 2.05) is 51.1 Å². The van der Waals surface area contributed by atoms with Crippen LogP contribution in [0.5, 0.6) is 0 Å². The largest absolute Gasteiger partial charge is 0.354 e. The second-order valence-electron chi connectivity index (χ2n) is 6.22. The summed E-state index contributed by atoms with van der Waals surface area (Å²) in [5.41, 5.74) is 2.97. The Bertz CT molecular complexity index is 792. The van der Waals surface area contributed by atoms with Gasteiger partial charge in [0.1, 0.15) is 0 Å². The van der Waals surface area contributed by atoms with Crippen LogP contribution in [0.15, 0.2) is 40.9 Å². The molecule has 2 aromatic rings. The minimum absolute atomic E-state index is 0.0560. The van der Waals surface area contributed by atoms with E-state index in [0.29, 0.717) is 17.8 Å². The lowest BCUT2D eigenvalue weighted by molar-refractivity contribution is -0.121. The van der Waals surface area contributed by atoms with Gasteiger partial charge in [-0.05, 0) is 44.5 Å². The van der Waals surface area contributed by atoms with Crippen LogP contribution in [-0.2, 0) is 4.79 Å². The summed E-state index contributed by atoms with van der Waals surface area (Å²) in [5.74, 6) is -0.272. The summed E-state index contributed by atoms with van der Waals surface area (Å²) in [4.78, 5) is 28.6. The molecule has 0 radical (unpaired) electrons. The fourth-order valence-corrected chi connectivity index (χ4v) is 2.84. The van der Waals surface area contributed by atoms with Crippen LogP contribution in [0, 0.1) is 6.92 Å². The van der Waals surface area contributed by atoms with Crippen molar-refractivity contribution in [2.75, 3.05) is 6.54 Å². The van der Waals surface area contributed by atoms with Crippen LogP contribution in [0.3, 0.4) is 0 Å². The van der Waals surface area contributed by atoms with Crippen LogP contribution >= 0.6 is 15.9 Å². The van der Waals surface area contributed by atoms with E-state index < -0.39 is 0 Å². The second kappa shape index (κ2) is 9.48. The average molecular weight is 418 g/mol. The van der Waals surface area contributed by atoms with Crippen molar-refractivity contribution in [1.82, 2.24) is 15.6 Å². The molecule has 0 fully saturated rings. The maximum absolute atomic E-state index is 12.3. The zero-order valence-electron chi connectivity index (χ0n) is 15.3. The van der Waals surface area contributed by atoms with Crippen molar-refractivity contribution in [3.05, 3.63) is 52.1 Å². The number of aryl methyl sites for hydroxylation is 1. The van der Waals surface area contributed by atoms with Crippen LogP contribution in [0.1, 0.15) is 42.7 Å². The predicted molar refractivity (Wildman–Crippen MR) is 107 cm³/mol. The molecular formula is C20H24BrN3O2. The Morgan fingerprint density at radius 1 is 1.23 bits per heavy atom. The lowest BCUT2D eigenvalue weighted by atomic mass is 10.1. The average Bonchev–Trinajstić information content (AvgIpc) is 2.61. The molecule has 0 bridgehead atoms. The number of nitrogens with one attached hydrogen (secondary N) is 2. The van der Waals surface area contributed by atoms with Crippen molar-refractivity contribution in [1.29, 1.82) is 0 Å². The van der Waals surface area contributed by atoms with Crippen LogP contribution in [0.25, 0.3) is 11.3 Å². The molecule has 0 saturated heterocycles. The van der Waals surface area contributed by atoms with Crippen LogP contribution in [-0.4, -0.2) is 29.4 Å². The van der Waals surface area contributed by atoms with Gasteiger partial charge in [-0.3, -0.25) is 14.6 Å². The molecule has 138 valence electrons. The van der Waals surface area contributed by atoms with Gasteiger partial charge in [0.05, 0.1) is 17.0 Å². The first-order valence-corrected chi connectivity index (χ1v) is 9.51. The molecule has 0 saturated carbocycles. The summed E-state index contributed by atoms with van der Waals surface area (Å²) < 4.78 is 0.979. The van der Waals surface area contributed by atoms with Gasteiger partial charge in [-0.2, -0.15) is 0 Å². The molecule has 0 aliphatic carbocycles. The molecule has 1 aromatic carbocycles. The van der Waals surface area contributed by atoms with Crippen molar-refractivity contribution >= 4 is 27.7 Å². The van der Waals surface area contributed by atoms with E-state index in [9.17, 15) is 9.59 Å². The molecule has 1 aromatic heterocycles. The third-order valence-corrected chi connectivity index (χ3v) is 4.60. The first-order chi connectivity index (χ1) is 12.4. The van der Waals surface area contributed by atoms with E-state index in [1.165, 1.54) is 0 Å². The van der Waals surface area contributed by atoms with E-state index in [0.717, 1.165) is 22.2 Å². The normalized spacial score (nSPS) is 11.7. The first-order valence-electron chi connectivity index (χ1n) is 8.71. The molecule has 1 atom stereocenters. The minimum atomic E-state index is -0.216. The SMILES string of the molecule is CCC(C)NC(=O)CCNC(=O)c1ccc(-c2cccc(Br)c2)nc1C. The molecule has 2 rings (SSSR count). The van der Waals surface area contributed by atoms with Gasteiger partial charge in [0.25, 0.3) is 5.91 Å². The number of benzene rings is 1. The van der Waals surface area contributed by atoms with Crippen LogP contribution in [0.2, 0.25) is 0 Å². The van der Waals surface area contributed by atoms with Gasteiger partial charge in [-0.1, -0.05) is 35.0 Å². The van der Waals surface area contributed by atoms with Gasteiger partial charge < -0.3 is 10.6 Å². The van der Waals surface area contributed by atoms with Gasteiger partial charge in [0.15, 0.2) is 0 Å². The molecule has 0 aliphatic rings. The van der Waals surface area contributed by atoms with Crippen molar-refractivity contribution < 1.29 is 9.59 Å². The van der Waals surface area contributed by atoms with Crippen LogP contribution in [0.4, 0.5) is 0 Å². The summed E-state index contributed by atoms with van der Waals surface area (Å²) >= 11 is 3.45. The Balaban J connectivity index is 1.96. The van der Waals surface area contributed by atoms with E-state index >= 15 is 0 Å². The van der Waals surface area contributed by atoms with Gasteiger partial charge in [-0.15, -0.1) is 0 Å². The first kappa shape index (κ1) is 20.1. The molecule has 1 heterocycles. The quantitative estimate of drug-likeness (QED) is 0.718. The minimum Gasteiger partial charge on any atom is -0.354 e. The predicted octanol–water partition coefficient (Wildman–Crippen LogP) is 3.85. The lowest BCUT2D eigenvalue weighted by Gasteiger charge is -2.12. The number of hydrogen-bond donors (Lipinski definition) is 2. The van der Waals surface area contributed by atoms with Crippen molar-refractivity contribution in [2.24, 2.45) is 0 Å². The molecule has 1 unspecified atom stereocenters. The van der Waals surface area contributed by atoms with E-state index in [-0.39, 0.29) is 24.3 Å². The molecule has 0 spiro atoms. The number of hydrogen-bond acceptors (Lipinski definition) is 3. The molecule has 5 nitrogen and oxygen atoms in total. The number of aromatic nitrogens is 1. The second-order valence-corrected chi connectivity index (χ2v) is 7.14. The number of carbonyl (C=O) groups is 2. The lowest BCUT2D eigenvalue weighted by Crippen LogP contribution is -2.35. The van der Waals surface area contributed by atoms with Crippen molar-refractivity contribution in [3.8, 4) is 11.3 Å². The molecule has 6 heteroatoms. The standard InChI is InChI=1S/C20H24BrN3O2/c1-4-13(2)23-19(25)10-11-22-20(26)17-8-9-18(24-14(17)3)15-6-5-7-16(21)12-15/h5-9,12-13H,4,10-11H2,1-3H3,(H,22,26)(H,23,25). The summed E-state index contributed by atoms with van der Waals surface area (Å²) in [6.07, 6.45) is 1.14. The Morgan fingerprint density at radius 3 is 2.65 bits per heavy atom. The topological polar surface area (TPSA) is 71.1 Å². The molecule has 0 aliphatic heterocycles. The van der Waals surface area contributed by atoms with Gasteiger partial charge >= 0.3 is 0 Å². The third-order valence-electron chi connectivity index (χ3n) is 4.11. The molecule has 26 heavy (non-hydrogen) atoms. The maximum Gasteiger partial charge on any atom is 0.253 e. The zero-order valence-corrected chi connectivity index (χ0v) is 16.9. The van der Waals surface area contributed by atoms with Crippen molar-refractivity contribution in [2.45, 2.75) is 39.7 Å². The van der Waals surface area contributed by atoms with Gasteiger partial charge in [0, 0.05) is 29.0 Å². The number of halogens is 1. The summed E-state index contributed by atoms with van der Waals surface area (Å²) in [5, 5.41) is 5.66. The van der Waals surface area contributed by atoms with E-state index in [4.69, 9.17) is 0 Å². The molecular weight excluding hydrogens is 394 g/mol. The maximum atomic E-state index is 12.3. The number of pyridine rings is 1. The highest BCUT2D eigenvalue weighted by atomic mass is 79.9. The smallest absolute Gasteiger partial charge is 0.253 e. The van der Waals surface area contributed by atoms with Gasteiger partial charge in [0.2, 0.25) is 5.91 Å². The number of rotatable bonds is 7. The Morgan fingerprint density at radius 2 is 2.00 bits per heavy atom.